The van der Waals surface area contributed by atoms with E-state index in [1.165, 1.54) is 0 Å². The quantitative estimate of drug-likeness (QED) is 0.785. The van der Waals surface area contributed by atoms with Crippen molar-refractivity contribution in [2.75, 3.05) is 26.3 Å². The second-order valence-electron chi connectivity index (χ2n) is 3.67. The predicted molar refractivity (Wildman–Crippen MR) is 67.7 cm³/mol. The fourth-order valence-corrected chi connectivity index (χ4v) is 1.53. The molecule has 17 heavy (non-hydrogen) atoms. The summed E-state index contributed by atoms with van der Waals surface area (Å²) < 4.78 is 5.01. The van der Waals surface area contributed by atoms with Gasteiger partial charge in [-0.15, -0.1) is 0 Å². The second kappa shape index (κ2) is 6.83. The van der Waals surface area contributed by atoms with E-state index >= 15 is 0 Å². The molecule has 2 heterocycles. The van der Waals surface area contributed by atoms with Gasteiger partial charge in [0.2, 0.25) is 0 Å². The van der Waals surface area contributed by atoms with E-state index in [-0.39, 0.29) is 0 Å². The molecule has 0 saturated carbocycles. The summed E-state index contributed by atoms with van der Waals surface area (Å²) in [5, 5.41) is 3.16. The van der Waals surface area contributed by atoms with E-state index in [4.69, 9.17) is 4.74 Å². The van der Waals surface area contributed by atoms with Crippen molar-refractivity contribution in [2.24, 2.45) is 0 Å². The van der Waals surface area contributed by atoms with Gasteiger partial charge in [-0.3, -0.25) is 0 Å². The van der Waals surface area contributed by atoms with E-state index in [2.05, 4.69) is 15.3 Å². The average Bonchev–Trinajstić information content (AvgIpc) is 2.96. The number of ether oxygens (including phenoxy) is 1. The summed E-state index contributed by atoms with van der Waals surface area (Å²) in [6.45, 7) is 3.83. The minimum absolute atomic E-state index is 0.889. The Morgan fingerprint density at radius 3 is 2.29 bits per heavy atom. The molecule has 1 aromatic carbocycles. The van der Waals surface area contributed by atoms with Gasteiger partial charge in [-0.25, -0.2) is 4.98 Å². The van der Waals surface area contributed by atoms with Crippen molar-refractivity contribution in [3.63, 3.8) is 0 Å². The van der Waals surface area contributed by atoms with Crippen molar-refractivity contribution in [1.82, 2.24) is 15.3 Å². The number of rotatable bonds is 1. The number of aromatic amines is 1. The van der Waals surface area contributed by atoms with E-state index in [0.29, 0.717) is 0 Å². The van der Waals surface area contributed by atoms with Crippen molar-refractivity contribution in [3.05, 3.63) is 42.7 Å². The highest BCUT2D eigenvalue weighted by atomic mass is 16.5. The van der Waals surface area contributed by atoms with Gasteiger partial charge < -0.3 is 15.0 Å². The fraction of sp³-hybridized carbons (Fsp3) is 0.308. The van der Waals surface area contributed by atoms with E-state index in [0.717, 1.165) is 37.7 Å². The minimum atomic E-state index is 0.889. The normalized spacial score (nSPS) is 14.8. The molecule has 3 rings (SSSR count). The molecule has 1 aliphatic heterocycles. The largest absolute Gasteiger partial charge is 0.379 e. The molecule has 0 radical (unpaired) electrons. The topological polar surface area (TPSA) is 49.9 Å². The maximum atomic E-state index is 5.01. The van der Waals surface area contributed by atoms with Crippen LogP contribution in [0.2, 0.25) is 0 Å². The average molecular weight is 231 g/mol. The first-order chi connectivity index (χ1) is 8.47. The van der Waals surface area contributed by atoms with Gasteiger partial charge in [0.1, 0.15) is 5.82 Å². The van der Waals surface area contributed by atoms with Gasteiger partial charge >= 0.3 is 0 Å². The molecule has 0 atom stereocenters. The third-order valence-corrected chi connectivity index (χ3v) is 2.39. The number of nitrogens with one attached hydrogen (secondary N) is 2. The fourth-order valence-electron chi connectivity index (χ4n) is 1.53. The number of benzene rings is 1. The summed E-state index contributed by atoms with van der Waals surface area (Å²) in [4.78, 5) is 7.17. The Morgan fingerprint density at radius 1 is 1.06 bits per heavy atom. The first-order valence-corrected chi connectivity index (χ1v) is 5.80. The van der Waals surface area contributed by atoms with Crippen molar-refractivity contribution >= 4 is 0 Å². The zero-order valence-electron chi connectivity index (χ0n) is 9.73. The van der Waals surface area contributed by atoms with Crippen LogP contribution in [0.15, 0.2) is 42.7 Å². The summed E-state index contributed by atoms with van der Waals surface area (Å²) in [5.74, 6) is 0.922. The Balaban J connectivity index is 0.000000153. The lowest BCUT2D eigenvalue weighted by Crippen LogP contribution is -2.30. The highest BCUT2D eigenvalue weighted by molar-refractivity contribution is 5.53. The number of nitrogens with zero attached hydrogens (tertiary/aromatic N) is 1. The Hall–Kier alpha value is -1.65. The van der Waals surface area contributed by atoms with Crippen LogP contribution < -0.4 is 5.32 Å². The number of hydrogen-bond acceptors (Lipinski definition) is 3. The van der Waals surface area contributed by atoms with Gasteiger partial charge in [-0.2, -0.15) is 0 Å². The molecule has 90 valence electrons. The Labute approximate surface area is 101 Å². The van der Waals surface area contributed by atoms with Crippen molar-refractivity contribution < 1.29 is 4.74 Å². The van der Waals surface area contributed by atoms with Crippen LogP contribution in [-0.4, -0.2) is 36.3 Å². The van der Waals surface area contributed by atoms with Crippen LogP contribution in [-0.2, 0) is 4.74 Å². The summed E-state index contributed by atoms with van der Waals surface area (Å²) in [6.07, 6.45) is 3.57. The van der Waals surface area contributed by atoms with Crippen molar-refractivity contribution in [1.29, 1.82) is 0 Å². The molecule has 1 aromatic heterocycles. The first-order valence-electron chi connectivity index (χ1n) is 5.80. The monoisotopic (exact) mass is 231 g/mol. The lowest BCUT2D eigenvalue weighted by Gasteiger charge is -2.10. The summed E-state index contributed by atoms with van der Waals surface area (Å²) >= 11 is 0. The SMILES string of the molecule is C1COCCN1.c1ccc(-c2ncc[nH]2)cc1. The predicted octanol–water partition coefficient (Wildman–Crippen LogP) is 1.68. The van der Waals surface area contributed by atoms with Gasteiger partial charge in [0.15, 0.2) is 0 Å². The summed E-state index contributed by atoms with van der Waals surface area (Å²) in [7, 11) is 0. The Bertz CT molecular complexity index is 384. The number of H-pyrrole nitrogens is 1. The zero-order valence-corrected chi connectivity index (χ0v) is 9.73. The highest BCUT2D eigenvalue weighted by Crippen LogP contribution is 2.11. The number of hydrogen-bond donors (Lipinski definition) is 2. The van der Waals surface area contributed by atoms with Crippen LogP contribution in [0.3, 0.4) is 0 Å². The molecule has 1 fully saturated rings. The second-order valence-corrected chi connectivity index (χ2v) is 3.67. The molecule has 0 spiro atoms. The van der Waals surface area contributed by atoms with Crippen LogP contribution >= 0.6 is 0 Å². The molecule has 0 unspecified atom stereocenters. The Morgan fingerprint density at radius 2 is 1.82 bits per heavy atom. The van der Waals surface area contributed by atoms with Crippen LogP contribution in [0.4, 0.5) is 0 Å². The smallest absolute Gasteiger partial charge is 0.137 e. The maximum Gasteiger partial charge on any atom is 0.137 e. The van der Waals surface area contributed by atoms with Crippen LogP contribution in [0.25, 0.3) is 11.4 Å². The molecule has 4 heteroatoms. The van der Waals surface area contributed by atoms with E-state index in [1.807, 2.05) is 36.5 Å². The minimum Gasteiger partial charge on any atom is -0.379 e. The third-order valence-electron chi connectivity index (χ3n) is 2.39. The summed E-state index contributed by atoms with van der Waals surface area (Å²) in [6, 6.07) is 10.0. The lowest BCUT2D eigenvalue weighted by molar-refractivity contribution is 0.109. The summed E-state index contributed by atoms with van der Waals surface area (Å²) in [5.41, 5.74) is 1.12. The van der Waals surface area contributed by atoms with Crippen molar-refractivity contribution in [3.8, 4) is 11.4 Å². The number of aromatic nitrogens is 2. The molecule has 0 aliphatic carbocycles. The maximum absolute atomic E-state index is 5.01. The van der Waals surface area contributed by atoms with E-state index in [1.54, 1.807) is 6.20 Å². The number of imidazole rings is 1. The van der Waals surface area contributed by atoms with E-state index < -0.39 is 0 Å². The molecule has 4 nitrogen and oxygen atoms in total. The van der Waals surface area contributed by atoms with Crippen molar-refractivity contribution in [2.45, 2.75) is 0 Å². The van der Waals surface area contributed by atoms with Crippen LogP contribution in [0.5, 0.6) is 0 Å². The van der Waals surface area contributed by atoms with Gasteiger partial charge in [0.05, 0.1) is 13.2 Å². The van der Waals surface area contributed by atoms with Gasteiger partial charge in [0.25, 0.3) is 0 Å². The van der Waals surface area contributed by atoms with Gasteiger partial charge in [0, 0.05) is 31.0 Å². The first kappa shape index (κ1) is 11.8. The molecule has 0 bridgehead atoms. The molecular weight excluding hydrogens is 214 g/mol. The van der Waals surface area contributed by atoms with Gasteiger partial charge in [-0.05, 0) is 0 Å². The molecule has 1 saturated heterocycles. The lowest BCUT2D eigenvalue weighted by atomic mass is 10.2. The highest BCUT2D eigenvalue weighted by Gasteiger charge is 1.95. The Kier molecular flexibility index (Phi) is 4.75. The van der Waals surface area contributed by atoms with E-state index in [9.17, 15) is 0 Å². The van der Waals surface area contributed by atoms with Crippen LogP contribution in [0, 0.1) is 0 Å². The molecule has 2 aromatic rings. The van der Waals surface area contributed by atoms with Crippen LogP contribution in [0.1, 0.15) is 0 Å². The standard InChI is InChI=1S/C9H8N2.C4H9NO/c1-2-4-8(5-3-1)9-10-6-7-11-9;1-3-6-4-2-5-1/h1-7H,(H,10,11);5H,1-4H2. The molecule has 2 N–H and O–H groups in total. The molecule has 1 aliphatic rings. The van der Waals surface area contributed by atoms with Gasteiger partial charge in [-0.1, -0.05) is 30.3 Å². The number of morpholine rings is 1. The zero-order chi connectivity index (χ0) is 11.8. The molecule has 0 amide bonds. The molecular formula is C13H17N3O. The third kappa shape index (κ3) is 4.01.